The molecule has 0 unspecified atom stereocenters. The number of oxazole rings is 1. The average molecular weight is 514 g/mol. The minimum atomic E-state index is -3.29. The van der Waals surface area contributed by atoms with Crippen molar-refractivity contribution >= 4 is 39.7 Å². The minimum Gasteiger partial charge on any atom is -0.477 e. The van der Waals surface area contributed by atoms with Gasteiger partial charge in [0.05, 0.1) is 10.9 Å². The highest BCUT2D eigenvalue weighted by Crippen LogP contribution is 2.44. The first-order chi connectivity index (χ1) is 17.8. The number of halogens is 3. The third-order valence-electron chi connectivity index (χ3n) is 6.72. The van der Waals surface area contributed by atoms with Gasteiger partial charge in [-0.2, -0.15) is 13.8 Å². The molecule has 1 aliphatic heterocycles. The van der Waals surface area contributed by atoms with Gasteiger partial charge in [-0.15, -0.1) is 0 Å². The Morgan fingerprint density at radius 1 is 1.14 bits per heavy atom. The molecule has 2 aromatic carbocycles. The van der Waals surface area contributed by atoms with Crippen molar-refractivity contribution in [2.24, 2.45) is 0 Å². The Morgan fingerprint density at radius 2 is 1.84 bits per heavy atom. The summed E-state index contributed by atoms with van der Waals surface area (Å²) in [6.07, 6.45) is 2.47. The van der Waals surface area contributed by atoms with Crippen LogP contribution in [0.4, 0.5) is 24.9 Å². The van der Waals surface area contributed by atoms with Crippen LogP contribution in [-0.4, -0.2) is 53.4 Å². The molecule has 9 nitrogen and oxygen atoms in total. The molecule has 1 aliphatic carbocycles. The Kier molecular flexibility index (Phi) is 5.46. The average Bonchev–Trinajstić information content (AvgIpc) is 3.62. The first kappa shape index (κ1) is 23.2. The van der Waals surface area contributed by atoms with Crippen LogP contribution in [0.15, 0.2) is 45.7 Å². The van der Waals surface area contributed by atoms with Crippen LogP contribution in [0, 0.1) is 5.82 Å². The number of nitrogens with zero attached hydrogens (tertiary/aromatic N) is 4. The van der Waals surface area contributed by atoms with E-state index in [0.717, 1.165) is 12.3 Å². The van der Waals surface area contributed by atoms with Crippen LogP contribution in [0.3, 0.4) is 0 Å². The number of hydrogen-bond donors (Lipinski definition) is 1. The summed E-state index contributed by atoms with van der Waals surface area (Å²) >= 11 is 0. The summed E-state index contributed by atoms with van der Waals surface area (Å²) in [6, 6.07) is 8.44. The van der Waals surface area contributed by atoms with Crippen LogP contribution in [0.25, 0.3) is 22.0 Å². The zero-order chi connectivity index (χ0) is 25.8. The molecule has 0 spiro atoms. The normalized spacial score (nSPS) is 16.2. The lowest BCUT2D eigenvalue weighted by atomic mass is 10.1. The van der Waals surface area contributed by atoms with Crippen molar-refractivity contribution in [2.75, 3.05) is 36.0 Å². The van der Waals surface area contributed by atoms with Gasteiger partial charge in [0.1, 0.15) is 16.8 Å². The van der Waals surface area contributed by atoms with Gasteiger partial charge >= 0.3 is 12.6 Å². The number of hydrogen-bond acceptors (Lipinski definition) is 7. The fourth-order valence-corrected chi connectivity index (χ4v) is 4.85. The van der Waals surface area contributed by atoms with E-state index in [0.29, 0.717) is 43.0 Å². The van der Waals surface area contributed by atoms with Crippen molar-refractivity contribution < 1.29 is 32.2 Å². The molecule has 1 saturated heterocycles. The predicted molar refractivity (Wildman–Crippen MR) is 128 cm³/mol. The second-order valence-corrected chi connectivity index (χ2v) is 9.06. The topological polar surface area (TPSA) is 101 Å². The number of benzene rings is 2. The van der Waals surface area contributed by atoms with Gasteiger partial charge in [-0.1, -0.05) is 12.1 Å². The monoisotopic (exact) mass is 514 g/mol. The number of anilines is 2. The Labute approximate surface area is 207 Å². The van der Waals surface area contributed by atoms with Gasteiger partial charge < -0.3 is 28.6 Å². The number of piperazine rings is 1. The van der Waals surface area contributed by atoms with Crippen LogP contribution in [0.2, 0.25) is 0 Å². The highest BCUT2D eigenvalue weighted by Gasteiger charge is 2.33. The lowest BCUT2D eigenvalue weighted by Crippen LogP contribution is -2.47. The fourth-order valence-electron chi connectivity index (χ4n) is 4.85. The molecule has 1 N–H and O–H groups in total. The van der Waals surface area contributed by atoms with Crippen molar-refractivity contribution in [3.63, 3.8) is 0 Å². The van der Waals surface area contributed by atoms with Gasteiger partial charge in [0.25, 0.3) is 6.01 Å². The smallest absolute Gasteiger partial charge is 0.387 e. The number of rotatable bonds is 6. The summed E-state index contributed by atoms with van der Waals surface area (Å²) in [6.45, 7) is -2.08. The molecule has 6 rings (SSSR count). The van der Waals surface area contributed by atoms with Gasteiger partial charge in [-0.3, -0.25) is 4.79 Å². The quantitative estimate of drug-likeness (QED) is 0.408. The zero-order valence-corrected chi connectivity index (χ0v) is 19.4. The molecule has 2 aliphatic rings. The second kappa shape index (κ2) is 8.71. The largest absolute Gasteiger partial charge is 0.477 e. The Hall–Kier alpha value is -4.22. The number of pyridine rings is 1. The number of ether oxygens (including phenoxy) is 1. The van der Waals surface area contributed by atoms with E-state index in [9.17, 15) is 23.5 Å². The van der Waals surface area contributed by atoms with Crippen LogP contribution >= 0.6 is 0 Å². The van der Waals surface area contributed by atoms with Gasteiger partial charge in [0.2, 0.25) is 5.43 Å². The summed E-state index contributed by atoms with van der Waals surface area (Å²) in [4.78, 5) is 32.5. The molecule has 37 heavy (non-hydrogen) atoms. The number of carboxylic acids is 1. The molecule has 2 fully saturated rings. The number of fused-ring (bicyclic) bond motifs is 2. The first-order valence-electron chi connectivity index (χ1n) is 11.8. The number of carboxylic acid groups (broad SMARTS) is 1. The Bertz CT molecular complexity index is 1560. The van der Waals surface area contributed by atoms with E-state index < -0.39 is 35.1 Å². The van der Waals surface area contributed by atoms with Crippen LogP contribution in [-0.2, 0) is 0 Å². The first-order valence-corrected chi connectivity index (χ1v) is 11.8. The van der Waals surface area contributed by atoms with E-state index >= 15 is 4.39 Å². The molecule has 12 heteroatoms. The van der Waals surface area contributed by atoms with Crippen LogP contribution in [0.5, 0.6) is 5.75 Å². The molecule has 192 valence electrons. The Balaban J connectivity index is 1.42. The van der Waals surface area contributed by atoms with Crippen molar-refractivity contribution in [3.8, 4) is 5.75 Å². The van der Waals surface area contributed by atoms with Crippen molar-refractivity contribution in [1.29, 1.82) is 0 Å². The molecule has 0 amide bonds. The summed E-state index contributed by atoms with van der Waals surface area (Å²) in [5.74, 6) is -2.89. The van der Waals surface area contributed by atoms with Gasteiger partial charge in [0.15, 0.2) is 17.1 Å². The lowest BCUT2D eigenvalue weighted by molar-refractivity contribution is -0.0488. The standard InChI is InChI=1S/C25H21F3N4O5/c26-16-11-14-19(32(13-5-6-13)12-15(21(14)33)23(34)35)22(37-24(27)28)20(16)30-7-9-31(10-8-30)25-29-17-3-1-2-4-18(17)36-25/h1-4,11-13,24H,5-10H2,(H,34,35). The van der Waals surface area contributed by atoms with Gasteiger partial charge in [0, 0.05) is 38.4 Å². The van der Waals surface area contributed by atoms with Crippen LogP contribution < -0.4 is 20.0 Å². The maximum absolute atomic E-state index is 15.5. The van der Waals surface area contributed by atoms with E-state index in [4.69, 9.17) is 9.15 Å². The Morgan fingerprint density at radius 3 is 2.49 bits per heavy atom. The molecule has 1 saturated carbocycles. The molecule has 0 atom stereocenters. The van der Waals surface area contributed by atoms with Gasteiger partial charge in [-0.05, 0) is 31.0 Å². The minimum absolute atomic E-state index is 0.0319. The number of aromatic carboxylic acids is 1. The summed E-state index contributed by atoms with van der Waals surface area (Å²) in [7, 11) is 0. The highest BCUT2D eigenvalue weighted by atomic mass is 19.3. The van der Waals surface area contributed by atoms with Crippen molar-refractivity contribution in [3.05, 3.63) is 58.1 Å². The third-order valence-corrected chi connectivity index (χ3v) is 6.72. The number of aromatic nitrogens is 2. The predicted octanol–water partition coefficient (Wildman–Crippen LogP) is 4.24. The summed E-state index contributed by atoms with van der Waals surface area (Å²) in [5.41, 5.74) is -0.400. The number of carbonyl (C=O) groups is 1. The molecule has 0 bridgehead atoms. The summed E-state index contributed by atoms with van der Waals surface area (Å²) in [5, 5.41) is 9.16. The zero-order valence-electron chi connectivity index (χ0n) is 19.4. The van der Waals surface area contributed by atoms with E-state index in [1.807, 2.05) is 23.1 Å². The van der Waals surface area contributed by atoms with Crippen molar-refractivity contribution in [1.82, 2.24) is 9.55 Å². The SMILES string of the molecule is O=C(O)c1cn(C2CC2)c2c(OC(F)F)c(N3CCN(c4nc5ccccc5o4)CC3)c(F)cc2c1=O. The van der Waals surface area contributed by atoms with E-state index in [1.165, 1.54) is 4.57 Å². The number of para-hydroxylation sites is 2. The molecule has 4 aromatic rings. The summed E-state index contributed by atoms with van der Waals surface area (Å²) < 4.78 is 54.8. The fraction of sp³-hybridized carbons (Fsp3) is 0.320. The van der Waals surface area contributed by atoms with E-state index in [1.54, 1.807) is 11.0 Å². The van der Waals surface area contributed by atoms with Gasteiger partial charge in [-0.25, -0.2) is 9.18 Å². The molecule has 2 aromatic heterocycles. The van der Waals surface area contributed by atoms with E-state index in [2.05, 4.69) is 4.98 Å². The van der Waals surface area contributed by atoms with Crippen molar-refractivity contribution in [2.45, 2.75) is 25.5 Å². The third kappa shape index (κ3) is 4.02. The molecular formula is C25H21F3N4O5. The maximum atomic E-state index is 15.5. The second-order valence-electron chi connectivity index (χ2n) is 9.06. The molecule has 0 radical (unpaired) electrons. The van der Waals surface area contributed by atoms with E-state index in [-0.39, 0.29) is 35.7 Å². The number of alkyl halides is 2. The highest BCUT2D eigenvalue weighted by molar-refractivity contribution is 5.97. The molecular weight excluding hydrogens is 493 g/mol. The maximum Gasteiger partial charge on any atom is 0.387 e. The molecule has 3 heterocycles. The lowest BCUT2D eigenvalue weighted by Gasteiger charge is -2.36. The van der Waals surface area contributed by atoms with Crippen LogP contribution in [0.1, 0.15) is 29.2 Å².